The Morgan fingerprint density at radius 3 is 2.37 bits per heavy atom. The molecule has 0 nitrogen and oxygen atoms in total. The van der Waals surface area contributed by atoms with Gasteiger partial charge in [0, 0.05) is 5.41 Å². The zero-order chi connectivity index (χ0) is 20.1. The highest BCUT2D eigenvalue weighted by molar-refractivity contribution is 5.38. The van der Waals surface area contributed by atoms with Gasteiger partial charge in [-0.15, -0.1) is 6.58 Å². The molecule has 0 heterocycles. The van der Waals surface area contributed by atoms with E-state index in [4.69, 9.17) is 0 Å². The topological polar surface area (TPSA) is 0 Å². The van der Waals surface area contributed by atoms with E-state index in [1.165, 1.54) is 51.4 Å². The number of rotatable bonds is 5. The Labute approximate surface area is 169 Å². The molecular formula is C27H44. The SMILES string of the molecule is C=C/C=C1/CCC2C(=CCC3(C)C(CC)CCC23)C1(C)CCC.C=CCC. The summed E-state index contributed by atoms with van der Waals surface area (Å²) in [7, 11) is 0. The van der Waals surface area contributed by atoms with Gasteiger partial charge in [0.25, 0.3) is 0 Å². The standard InChI is InChI=1S/C23H36.C4H8/c1-6-9-18-10-12-19-20-13-11-17(8-3)23(20,5)16-14-21(19)22(18,4)15-7-2;1-3-4-2/h6,9,14,17,19-20H,1,7-8,10-13,15-16H2,2-5H3;3H,1,4H2,2H3/b18-9-;. The van der Waals surface area contributed by atoms with Gasteiger partial charge in [-0.3, -0.25) is 0 Å². The lowest BCUT2D eigenvalue weighted by Gasteiger charge is -2.53. The van der Waals surface area contributed by atoms with Crippen molar-refractivity contribution in [1.29, 1.82) is 0 Å². The molecule has 0 aliphatic heterocycles. The Bertz CT molecular complexity index is 577. The molecule has 0 radical (unpaired) electrons. The Balaban J connectivity index is 0.000000596. The highest BCUT2D eigenvalue weighted by atomic mass is 14.6. The van der Waals surface area contributed by atoms with E-state index in [1.807, 2.05) is 12.2 Å². The fourth-order valence-electron chi connectivity index (χ4n) is 6.67. The molecule has 0 aromatic heterocycles. The fourth-order valence-corrected chi connectivity index (χ4v) is 6.67. The Morgan fingerprint density at radius 1 is 1.11 bits per heavy atom. The zero-order valence-corrected chi connectivity index (χ0v) is 18.8. The van der Waals surface area contributed by atoms with Gasteiger partial charge in [0.05, 0.1) is 0 Å². The molecule has 0 amide bonds. The van der Waals surface area contributed by atoms with Crippen molar-refractivity contribution in [3.63, 3.8) is 0 Å². The molecule has 0 spiro atoms. The second kappa shape index (κ2) is 9.44. The third kappa shape index (κ3) is 4.06. The lowest BCUT2D eigenvalue weighted by Crippen LogP contribution is -2.43. The number of hydrogen-bond donors (Lipinski definition) is 0. The Morgan fingerprint density at radius 2 is 1.81 bits per heavy atom. The van der Waals surface area contributed by atoms with Crippen LogP contribution >= 0.6 is 0 Å². The molecule has 2 saturated carbocycles. The maximum absolute atomic E-state index is 3.97. The van der Waals surface area contributed by atoms with E-state index in [0.29, 0.717) is 10.8 Å². The van der Waals surface area contributed by atoms with Crippen LogP contribution in [0.1, 0.15) is 92.4 Å². The van der Waals surface area contributed by atoms with Crippen LogP contribution in [0, 0.1) is 28.6 Å². The van der Waals surface area contributed by atoms with Crippen LogP contribution in [-0.2, 0) is 0 Å². The summed E-state index contributed by atoms with van der Waals surface area (Å²) >= 11 is 0. The summed E-state index contributed by atoms with van der Waals surface area (Å²) in [6, 6.07) is 0. The van der Waals surface area contributed by atoms with Gasteiger partial charge in [-0.05, 0) is 68.1 Å². The van der Waals surface area contributed by atoms with Crippen LogP contribution in [0.3, 0.4) is 0 Å². The predicted molar refractivity (Wildman–Crippen MR) is 122 cm³/mol. The van der Waals surface area contributed by atoms with Crippen molar-refractivity contribution < 1.29 is 0 Å². The molecule has 0 aromatic rings. The van der Waals surface area contributed by atoms with Gasteiger partial charge in [0.2, 0.25) is 0 Å². The monoisotopic (exact) mass is 368 g/mol. The highest BCUT2D eigenvalue weighted by Gasteiger charge is 2.54. The van der Waals surface area contributed by atoms with E-state index in [-0.39, 0.29) is 0 Å². The van der Waals surface area contributed by atoms with Gasteiger partial charge in [0.15, 0.2) is 0 Å². The molecule has 0 N–H and O–H groups in total. The summed E-state index contributed by atoms with van der Waals surface area (Å²) in [5.74, 6) is 2.74. The van der Waals surface area contributed by atoms with Crippen molar-refractivity contribution in [2.45, 2.75) is 92.4 Å². The summed E-state index contributed by atoms with van der Waals surface area (Å²) in [5, 5.41) is 0. The first-order valence-corrected chi connectivity index (χ1v) is 11.6. The summed E-state index contributed by atoms with van der Waals surface area (Å²) in [5.41, 5.74) is 4.33. The van der Waals surface area contributed by atoms with Crippen molar-refractivity contribution in [2.24, 2.45) is 28.6 Å². The van der Waals surface area contributed by atoms with Crippen molar-refractivity contribution >= 4 is 0 Å². The quantitative estimate of drug-likeness (QED) is 0.426. The van der Waals surface area contributed by atoms with Crippen molar-refractivity contribution in [3.05, 3.63) is 48.6 Å². The smallest absolute Gasteiger partial charge is 0.00981 e. The van der Waals surface area contributed by atoms with Gasteiger partial charge in [0.1, 0.15) is 0 Å². The minimum Gasteiger partial charge on any atom is -0.103 e. The van der Waals surface area contributed by atoms with Crippen LogP contribution in [0.25, 0.3) is 0 Å². The fraction of sp³-hybridized carbons (Fsp3) is 0.704. The van der Waals surface area contributed by atoms with Crippen molar-refractivity contribution in [1.82, 2.24) is 0 Å². The summed E-state index contributed by atoms with van der Waals surface area (Å²) in [6.07, 6.45) is 20.9. The average Bonchev–Trinajstić information content (AvgIpc) is 3.01. The molecule has 0 bridgehead atoms. The third-order valence-corrected chi connectivity index (χ3v) is 8.17. The van der Waals surface area contributed by atoms with Crippen LogP contribution in [0.4, 0.5) is 0 Å². The van der Waals surface area contributed by atoms with Crippen LogP contribution in [-0.4, -0.2) is 0 Å². The van der Waals surface area contributed by atoms with E-state index in [1.54, 1.807) is 11.1 Å². The minimum atomic E-state index is 0.303. The largest absolute Gasteiger partial charge is 0.103 e. The van der Waals surface area contributed by atoms with Gasteiger partial charge in [-0.1, -0.05) is 89.5 Å². The second-order valence-corrected chi connectivity index (χ2v) is 9.51. The maximum atomic E-state index is 3.97. The van der Waals surface area contributed by atoms with Crippen LogP contribution in [0.2, 0.25) is 0 Å². The number of hydrogen-bond acceptors (Lipinski definition) is 0. The maximum Gasteiger partial charge on any atom is 0.00981 e. The van der Waals surface area contributed by atoms with Gasteiger partial charge in [-0.2, -0.15) is 0 Å². The van der Waals surface area contributed by atoms with E-state index in [9.17, 15) is 0 Å². The predicted octanol–water partition coefficient (Wildman–Crippen LogP) is 8.67. The van der Waals surface area contributed by atoms with Crippen molar-refractivity contribution in [3.8, 4) is 0 Å². The molecular weight excluding hydrogens is 324 g/mol. The van der Waals surface area contributed by atoms with Gasteiger partial charge >= 0.3 is 0 Å². The first-order chi connectivity index (χ1) is 12.9. The average molecular weight is 369 g/mol. The van der Waals surface area contributed by atoms with E-state index >= 15 is 0 Å². The van der Waals surface area contributed by atoms with Crippen LogP contribution in [0.15, 0.2) is 48.6 Å². The van der Waals surface area contributed by atoms with Crippen molar-refractivity contribution in [2.75, 3.05) is 0 Å². The van der Waals surface area contributed by atoms with Crippen LogP contribution in [0.5, 0.6) is 0 Å². The third-order valence-electron chi connectivity index (χ3n) is 8.17. The highest BCUT2D eigenvalue weighted by Crippen LogP contribution is 2.64. The number of fused-ring (bicyclic) bond motifs is 3. The first-order valence-electron chi connectivity index (χ1n) is 11.6. The van der Waals surface area contributed by atoms with E-state index < -0.39 is 0 Å². The minimum absolute atomic E-state index is 0.303. The molecule has 3 aliphatic rings. The molecule has 5 atom stereocenters. The molecule has 3 aliphatic carbocycles. The first kappa shape index (κ1) is 22.3. The molecule has 27 heavy (non-hydrogen) atoms. The zero-order valence-electron chi connectivity index (χ0n) is 18.8. The lowest BCUT2D eigenvalue weighted by molar-refractivity contribution is 0.0840. The molecule has 0 saturated heterocycles. The molecule has 2 fully saturated rings. The Kier molecular flexibility index (Phi) is 7.78. The van der Waals surface area contributed by atoms with Gasteiger partial charge in [-0.25, -0.2) is 0 Å². The second-order valence-electron chi connectivity index (χ2n) is 9.51. The summed E-state index contributed by atoms with van der Waals surface area (Å²) < 4.78 is 0. The molecule has 152 valence electrons. The summed E-state index contributed by atoms with van der Waals surface area (Å²) in [6.45, 7) is 19.4. The molecule has 5 unspecified atom stereocenters. The van der Waals surface area contributed by atoms with Gasteiger partial charge < -0.3 is 0 Å². The van der Waals surface area contributed by atoms with Crippen LogP contribution < -0.4 is 0 Å². The lowest BCUT2D eigenvalue weighted by atomic mass is 9.52. The molecule has 3 rings (SSSR count). The van der Waals surface area contributed by atoms with E-state index in [2.05, 4.69) is 59.9 Å². The summed E-state index contributed by atoms with van der Waals surface area (Å²) in [4.78, 5) is 0. The Hall–Kier alpha value is -1.04. The van der Waals surface area contributed by atoms with E-state index in [0.717, 1.165) is 24.2 Å². The normalized spacial score (nSPS) is 38.9. The number of allylic oxidation sites excluding steroid dienone is 6. The molecule has 0 aromatic carbocycles. The molecule has 0 heteroatoms.